The maximum absolute atomic E-state index is 10.3. The minimum absolute atomic E-state index is 0.293. The van der Waals surface area contributed by atoms with Crippen LogP contribution in [0.2, 0.25) is 0 Å². The fourth-order valence-electron chi connectivity index (χ4n) is 2.48. The molecule has 0 amide bonds. The van der Waals surface area contributed by atoms with E-state index >= 15 is 0 Å². The SMILES string of the molecule is COc1cc(Br)c(C)c(C2CCCNC2)c1O. The predicted molar refractivity (Wildman–Crippen MR) is 71.9 cm³/mol. The molecule has 1 aliphatic heterocycles. The van der Waals surface area contributed by atoms with Crippen LogP contribution in [0.15, 0.2) is 10.5 Å². The lowest BCUT2D eigenvalue weighted by Gasteiger charge is -2.26. The summed E-state index contributed by atoms with van der Waals surface area (Å²) in [6, 6.07) is 1.82. The molecule has 1 aromatic rings. The second-order valence-electron chi connectivity index (χ2n) is 4.49. The molecule has 17 heavy (non-hydrogen) atoms. The predicted octanol–water partition coefficient (Wildman–Crippen LogP) is 2.94. The fourth-order valence-corrected chi connectivity index (χ4v) is 2.91. The highest BCUT2D eigenvalue weighted by Gasteiger charge is 2.23. The number of piperidine rings is 1. The average Bonchev–Trinajstić information content (AvgIpc) is 2.35. The smallest absolute Gasteiger partial charge is 0.161 e. The number of phenols is 1. The molecule has 0 spiro atoms. The van der Waals surface area contributed by atoms with E-state index in [1.807, 2.05) is 13.0 Å². The molecule has 1 heterocycles. The summed E-state index contributed by atoms with van der Waals surface area (Å²) in [4.78, 5) is 0. The summed E-state index contributed by atoms with van der Waals surface area (Å²) in [5.41, 5.74) is 2.13. The molecular weight excluding hydrogens is 282 g/mol. The Hall–Kier alpha value is -0.740. The number of halogens is 1. The highest BCUT2D eigenvalue weighted by molar-refractivity contribution is 9.10. The second-order valence-corrected chi connectivity index (χ2v) is 5.35. The van der Waals surface area contributed by atoms with Crippen LogP contribution >= 0.6 is 15.9 Å². The number of rotatable bonds is 2. The molecule has 0 radical (unpaired) electrons. The van der Waals surface area contributed by atoms with E-state index in [-0.39, 0.29) is 0 Å². The number of methoxy groups -OCH3 is 1. The molecule has 0 aliphatic carbocycles. The third-order valence-electron chi connectivity index (χ3n) is 3.43. The van der Waals surface area contributed by atoms with E-state index in [1.54, 1.807) is 7.11 Å². The van der Waals surface area contributed by atoms with Crippen molar-refractivity contribution < 1.29 is 9.84 Å². The van der Waals surface area contributed by atoms with Crippen molar-refractivity contribution in [1.82, 2.24) is 5.32 Å². The van der Waals surface area contributed by atoms with Gasteiger partial charge >= 0.3 is 0 Å². The van der Waals surface area contributed by atoms with Gasteiger partial charge in [-0.25, -0.2) is 0 Å². The molecular formula is C13H18BrNO2. The first-order chi connectivity index (χ1) is 8.15. The standard InChI is InChI=1S/C13H18BrNO2/c1-8-10(14)6-11(17-2)13(16)12(8)9-4-3-5-15-7-9/h6,9,15-16H,3-5,7H2,1-2H3. The first-order valence-electron chi connectivity index (χ1n) is 5.91. The van der Waals surface area contributed by atoms with Crippen molar-refractivity contribution in [3.63, 3.8) is 0 Å². The minimum Gasteiger partial charge on any atom is -0.504 e. The van der Waals surface area contributed by atoms with Crippen molar-refractivity contribution in [2.75, 3.05) is 20.2 Å². The quantitative estimate of drug-likeness (QED) is 0.882. The largest absolute Gasteiger partial charge is 0.504 e. The third kappa shape index (κ3) is 2.43. The molecule has 1 unspecified atom stereocenters. The molecule has 2 N–H and O–H groups in total. The molecule has 0 bridgehead atoms. The molecule has 1 aliphatic rings. The monoisotopic (exact) mass is 299 g/mol. The van der Waals surface area contributed by atoms with Gasteiger partial charge in [-0.1, -0.05) is 15.9 Å². The summed E-state index contributed by atoms with van der Waals surface area (Å²) in [6.45, 7) is 4.03. The van der Waals surface area contributed by atoms with E-state index in [9.17, 15) is 5.11 Å². The molecule has 0 aromatic heterocycles. The highest BCUT2D eigenvalue weighted by atomic mass is 79.9. The van der Waals surface area contributed by atoms with Gasteiger partial charge in [0.15, 0.2) is 11.5 Å². The van der Waals surface area contributed by atoms with Crippen molar-refractivity contribution in [2.24, 2.45) is 0 Å². The fraction of sp³-hybridized carbons (Fsp3) is 0.538. The highest BCUT2D eigenvalue weighted by Crippen LogP contribution is 2.42. The number of ether oxygens (including phenoxy) is 1. The van der Waals surface area contributed by atoms with E-state index < -0.39 is 0 Å². The van der Waals surface area contributed by atoms with Crippen LogP contribution in [0, 0.1) is 6.92 Å². The lowest BCUT2D eigenvalue weighted by atomic mass is 9.88. The van der Waals surface area contributed by atoms with E-state index in [4.69, 9.17) is 4.74 Å². The molecule has 4 heteroatoms. The van der Waals surface area contributed by atoms with Crippen molar-refractivity contribution in [3.05, 3.63) is 21.7 Å². The normalized spacial score (nSPS) is 20.3. The van der Waals surface area contributed by atoms with Gasteiger partial charge in [0.1, 0.15) is 0 Å². The Morgan fingerprint density at radius 2 is 2.29 bits per heavy atom. The molecule has 2 rings (SSSR count). The number of benzene rings is 1. The Morgan fingerprint density at radius 1 is 1.53 bits per heavy atom. The number of phenolic OH excluding ortho intramolecular Hbond substituents is 1. The van der Waals surface area contributed by atoms with Gasteiger partial charge in [0, 0.05) is 22.5 Å². The number of nitrogens with one attached hydrogen (secondary N) is 1. The van der Waals surface area contributed by atoms with Gasteiger partial charge in [-0.3, -0.25) is 0 Å². The van der Waals surface area contributed by atoms with Crippen molar-refractivity contribution in [2.45, 2.75) is 25.7 Å². The van der Waals surface area contributed by atoms with Gasteiger partial charge < -0.3 is 15.2 Å². The van der Waals surface area contributed by atoms with Crippen LogP contribution in [0.5, 0.6) is 11.5 Å². The Morgan fingerprint density at radius 3 is 2.88 bits per heavy atom. The lowest BCUT2D eigenvalue weighted by Crippen LogP contribution is -2.28. The second kappa shape index (κ2) is 5.27. The Kier molecular flexibility index (Phi) is 3.94. The lowest BCUT2D eigenvalue weighted by molar-refractivity contribution is 0.362. The summed E-state index contributed by atoms with van der Waals surface area (Å²) >= 11 is 3.53. The number of hydrogen-bond acceptors (Lipinski definition) is 3. The Labute approximate surface area is 110 Å². The van der Waals surface area contributed by atoms with Crippen molar-refractivity contribution in [1.29, 1.82) is 0 Å². The zero-order valence-electron chi connectivity index (χ0n) is 10.2. The summed E-state index contributed by atoms with van der Waals surface area (Å²) in [5, 5.41) is 13.7. The molecule has 0 saturated carbocycles. The number of aromatic hydroxyl groups is 1. The van der Waals surface area contributed by atoms with Gasteiger partial charge in [-0.2, -0.15) is 0 Å². The van der Waals surface area contributed by atoms with E-state index in [0.29, 0.717) is 17.4 Å². The maximum atomic E-state index is 10.3. The Bertz CT molecular complexity index is 414. The average molecular weight is 300 g/mol. The van der Waals surface area contributed by atoms with Gasteiger partial charge in [-0.05, 0) is 37.9 Å². The van der Waals surface area contributed by atoms with Gasteiger partial charge in [0.25, 0.3) is 0 Å². The van der Waals surface area contributed by atoms with Gasteiger partial charge in [0.2, 0.25) is 0 Å². The van der Waals surface area contributed by atoms with Crippen molar-refractivity contribution >= 4 is 15.9 Å². The van der Waals surface area contributed by atoms with E-state index in [0.717, 1.165) is 41.5 Å². The van der Waals surface area contributed by atoms with Crippen LogP contribution in [0.1, 0.15) is 29.9 Å². The third-order valence-corrected chi connectivity index (χ3v) is 4.26. The van der Waals surface area contributed by atoms with Gasteiger partial charge in [-0.15, -0.1) is 0 Å². The topological polar surface area (TPSA) is 41.5 Å². The molecule has 3 nitrogen and oxygen atoms in total. The van der Waals surface area contributed by atoms with Crippen LogP contribution in [0.3, 0.4) is 0 Å². The van der Waals surface area contributed by atoms with Crippen LogP contribution < -0.4 is 10.1 Å². The van der Waals surface area contributed by atoms with Crippen molar-refractivity contribution in [3.8, 4) is 11.5 Å². The summed E-state index contributed by atoms with van der Waals surface area (Å²) in [6.07, 6.45) is 2.26. The molecule has 1 fully saturated rings. The van der Waals surface area contributed by atoms with Crippen LogP contribution in [0.4, 0.5) is 0 Å². The first-order valence-corrected chi connectivity index (χ1v) is 6.71. The summed E-state index contributed by atoms with van der Waals surface area (Å²) in [5.74, 6) is 1.21. The first kappa shape index (κ1) is 12.7. The Balaban J connectivity index is 2.46. The number of hydrogen-bond donors (Lipinski definition) is 2. The molecule has 1 atom stereocenters. The summed E-state index contributed by atoms with van der Waals surface area (Å²) < 4.78 is 6.21. The van der Waals surface area contributed by atoms with E-state index in [1.165, 1.54) is 0 Å². The van der Waals surface area contributed by atoms with E-state index in [2.05, 4.69) is 21.2 Å². The van der Waals surface area contributed by atoms with Crippen LogP contribution in [-0.2, 0) is 0 Å². The molecule has 1 saturated heterocycles. The van der Waals surface area contributed by atoms with Crippen LogP contribution in [0.25, 0.3) is 0 Å². The molecule has 1 aromatic carbocycles. The minimum atomic E-state index is 0.293. The van der Waals surface area contributed by atoms with Gasteiger partial charge in [0.05, 0.1) is 7.11 Å². The maximum Gasteiger partial charge on any atom is 0.161 e. The summed E-state index contributed by atoms with van der Waals surface area (Å²) in [7, 11) is 1.58. The zero-order valence-corrected chi connectivity index (χ0v) is 11.8. The van der Waals surface area contributed by atoms with Crippen LogP contribution in [-0.4, -0.2) is 25.3 Å². The molecule has 94 valence electrons. The zero-order chi connectivity index (χ0) is 12.4.